The lowest BCUT2D eigenvalue weighted by Gasteiger charge is -2.45. The molecule has 2 unspecified atom stereocenters. The molecular weight excluding hydrogens is 266 g/mol. The summed E-state index contributed by atoms with van der Waals surface area (Å²) in [4.78, 5) is 7.36. The molecule has 0 spiro atoms. The van der Waals surface area contributed by atoms with Crippen LogP contribution < -0.4 is 5.32 Å². The molecule has 0 amide bonds. The average Bonchev–Trinajstić information content (AvgIpc) is 3.09. The topological polar surface area (TPSA) is 28.2 Å². The first-order chi connectivity index (χ1) is 9.60. The van der Waals surface area contributed by atoms with E-state index in [4.69, 9.17) is 0 Å². The largest absolute Gasteiger partial charge is 0.312 e. The molecule has 2 heterocycles. The molecule has 0 radical (unpaired) electrons. The maximum atomic E-state index is 4.67. The number of nitrogens with zero attached hydrogens (tertiary/aromatic N) is 2. The van der Waals surface area contributed by atoms with E-state index in [0.29, 0.717) is 6.04 Å². The van der Waals surface area contributed by atoms with Crippen LogP contribution in [0.2, 0.25) is 0 Å². The van der Waals surface area contributed by atoms with Gasteiger partial charge in [0.2, 0.25) is 0 Å². The Kier molecular flexibility index (Phi) is 5.58. The Hall–Kier alpha value is -0.450. The van der Waals surface area contributed by atoms with Crippen LogP contribution in [0.25, 0.3) is 0 Å². The lowest BCUT2D eigenvalue weighted by molar-refractivity contribution is 0.0843. The van der Waals surface area contributed by atoms with Crippen molar-refractivity contribution < 1.29 is 0 Å². The molecule has 114 valence electrons. The van der Waals surface area contributed by atoms with Gasteiger partial charge in [0.1, 0.15) is 0 Å². The van der Waals surface area contributed by atoms with Gasteiger partial charge < -0.3 is 5.32 Å². The van der Waals surface area contributed by atoms with Crippen LogP contribution in [-0.4, -0.2) is 41.1 Å². The summed E-state index contributed by atoms with van der Waals surface area (Å²) in [6.07, 6.45) is 4.93. The second-order valence-electron chi connectivity index (χ2n) is 6.08. The minimum atomic E-state index is 0.240. The maximum absolute atomic E-state index is 4.67. The standard InChI is InChI=1S/C16H29N3S/c1-5-16(4,19-9-7-8-10-19)15(17-6-2)11-14-12-20-13(3)18-14/h12,15,17H,5-11H2,1-4H3. The second kappa shape index (κ2) is 7.01. The lowest BCUT2D eigenvalue weighted by Crippen LogP contribution is -2.59. The fraction of sp³-hybridized carbons (Fsp3) is 0.812. The molecule has 0 bridgehead atoms. The number of thiazole rings is 1. The monoisotopic (exact) mass is 295 g/mol. The molecule has 1 aromatic rings. The first-order valence-electron chi connectivity index (χ1n) is 7.99. The van der Waals surface area contributed by atoms with Crippen LogP contribution >= 0.6 is 11.3 Å². The molecule has 0 aromatic carbocycles. The fourth-order valence-corrected chi connectivity index (χ4v) is 4.01. The number of likely N-dealkylation sites (tertiary alicyclic amines) is 1. The highest BCUT2D eigenvalue weighted by Crippen LogP contribution is 2.30. The zero-order valence-corrected chi connectivity index (χ0v) is 14.2. The van der Waals surface area contributed by atoms with Gasteiger partial charge in [0.15, 0.2) is 0 Å². The van der Waals surface area contributed by atoms with E-state index in [9.17, 15) is 0 Å². The second-order valence-corrected chi connectivity index (χ2v) is 7.14. The SMILES string of the molecule is CCNC(Cc1csc(C)n1)C(C)(CC)N1CCCC1. The summed E-state index contributed by atoms with van der Waals surface area (Å²) in [7, 11) is 0. The van der Waals surface area contributed by atoms with Crippen LogP contribution in [0.15, 0.2) is 5.38 Å². The van der Waals surface area contributed by atoms with Crippen molar-refractivity contribution in [2.75, 3.05) is 19.6 Å². The minimum Gasteiger partial charge on any atom is -0.312 e. The number of rotatable bonds is 7. The molecular formula is C16H29N3S. The summed E-state index contributed by atoms with van der Waals surface area (Å²) in [6, 6.07) is 0.483. The van der Waals surface area contributed by atoms with Gasteiger partial charge in [0.25, 0.3) is 0 Å². The van der Waals surface area contributed by atoms with Crippen molar-refractivity contribution in [2.24, 2.45) is 0 Å². The predicted molar refractivity (Wildman–Crippen MR) is 87.5 cm³/mol. The quantitative estimate of drug-likeness (QED) is 0.837. The maximum Gasteiger partial charge on any atom is 0.0897 e. The van der Waals surface area contributed by atoms with Gasteiger partial charge in [-0.15, -0.1) is 11.3 Å². The summed E-state index contributed by atoms with van der Waals surface area (Å²) >= 11 is 1.76. The van der Waals surface area contributed by atoms with Crippen LogP contribution in [0.3, 0.4) is 0 Å². The van der Waals surface area contributed by atoms with E-state index in [1.165, 1.54) is 43.1 Å². The number of hydrogen-bond donors (Lipinski definition) is 1. The zero-order valence-electron chi connectivity index (χ0n) is 13.4. The Labute approximate surface area is 127 Å². The lowest BCUT2D eigenvalue weighted by atomic mass is 9.84. The van der Waals surface area contributed by atoms with Crippen molar-refractivity contribution in [1.82, 2.24) is 15.2 Å². The summed E-state index contributed by atoms with van der Waals surface area (Å²) < 4.78 is 0. The zero-order chi connectivity index (χ0) is 14.6. The summed E-state index contributed by atoms with van der Waals surface area (Å²) in [5, 5.41) is 7.13. The first kappa shape index (κ1) is 15.9. The Morgan fingerprint density at radius 2 is 2.10 bits per heavy atom. The van der Waals surface area contributed by atoms with Crippen molar-refractivity contribution >= 4 is 11.3 Å². The fourth-order valence-electron chi connectivity index (χ4n) is 3.39. The molecule has 20 heavy (non-hydrogen) atoms. The molecule has 2 atom stereocenters. The Balaban J connectivity index is 2.15. The molecule has 0 saturated carbocycles. The molecule has 1 aliphatic rings. The van der Waals surface area contributed by atoms with E-state index >= 15 is 0 Å². The van der Waals surface area contributed by atoms with Gasteiger partial charge in [-0.2, -0.15) is 0 Å². The van der Waals surface area contributed by atoms with Gasteiger partial charge in [-0.1, -0.05) is 13.8 Å². The third-order valence-corrected chi connectivity index (χ3v) is 5.65. The normalized spacial score (nSPS) is 21.0. The van der Waals surface area contributed by atoms with Crippen LogP contribution in [0.4, 0.5) is 0 Å². The molecule has 1 fully saturated rings. The van der Waals surface area contributed by atoms with Gasteiger partial charge in [0, 0.05) is 23.4 Å². The number of aryl methyl sites for hydroxylation is 1. The van der Waals surface area contributed by atoms with Crippen molar-refractivity contribution in [3.05, 3.63) is 16.1 Å². The van der Waals surface area contributed by atoms with Gasteiger partial charge >= 0.3 is 0 Å². The van der Waals surface area contributed by atoms with Gasteiger partial charge in [-0.05, 0) is 52.7 Å². The van der Waals surface area contributed by atoms with Crippen molar-refractivity contribution in [2.45, 2.75) is 65.0 Å². The number of nitrogens with one attached hydrogen (secondary N) is 1. The van der Waals surface area contributed by atoms with Crippen molar-refractivity contribution in [3.63, 3.8) is 0 Å². The number of hydrogen-bond acceptors (Lipinski definition) is 4. The molecule has 3 nitrogen and oxygen atoms in total. The molecule has 4 heteroatoms. The molecule has 1 aliphatic heterocycles. The molecule has 0 aliphatic carbocycles. The van der Waals surface area contributed by atoms with Gasteiger partial charge in [-0.3, -0.25) is 4.90 Å². The highest BCUT2D eigenvalue weighted by Gasteiger charge is 2.39. The van der Waals surface area contributed by atoms with Gasteiger partial charge in [0.05, 0.1) is 10.7 Å². The Morgan fingerprint density at radius 3 is 2.60 bits per heavy atom. The highest BCUT2D eigenvalue weighted by molar-refractivity contribution is 7.09. The van der Waals surface area contributed by atoms with Gasteiger partial charge in [-0.25, -0.2) is 4.98 Å². The molecule has 1 aromatic heterocycles. The van der Waals surface area contributed by atoms with Crippen molar-refractivity contribution in [1.29, 1.82) is 0 Å². The highest BCUT2D eigenvalue weighted by atomic mass is 32.1. The summed E-state index contributed by atoms with van der Waals surface area (Å²) in [6.45, 7) is 12.6. The summed E-state index contributed by atoms with van der Waals surface area (Å²) in [5.74, 6) is 0. The van der Waals surface area contributed by atoms with E-state index in [1.807, 2.05) is 0 Å². The Morgan fingerprint density at radius 1 is 1.40 bits per heavy atom. The minimum absolute atomic E-state index is 0.240. The van der Waals surface area contributed by atoms with Crippen LogP contribution in [0.5, 0.6) is 0 Å². The van der Waals surface area contributed by atoms with E-state index in [0.717, 1.165) is 13.0 Å². The third kappa shape index (κ3) is 3.41. The third-order valence-electron chi connectivity index (χ3n) is 4.83. The summed E-state index contributed by atoms with van der Waals surface area (Å²) in [5.41, 5.74) is 1.49. The molecule has 1 saturated heterocycles. The molecule has 1 N–H and O–H groups in total. The van der Waals surface area contributed by atoms with E-state index in [2.05, 4.69) is 48.3 Å². The van der Waals surface area contributed by atoms with Crippen LogP contribution in [-0.2, 0) is 6.42 Å². The first-order valence-corrected chi connectivity index (χ1v) is 8.87. The number of aromatic nitrogens is 1. The molecule has 2 rings (SSSR count). The van der Waals surface area contributed by atoms with E-state index < -0.39 is 0 Å². The number of likely N-dealkylation sites (N-methyl/N-ethyl adjacent to an activating group) is 1. The Bertz CT molecular complexity index is 412. The van der Waals surface area contributed by atoms with E-state index in [-0.39, 0.29) is 5.54 Å². The van der Waals surface area contributed by atoms with E-state index in [1.54, 1.807) is 11.3 Å². The predicted octanol–water partition coefficient (Wildman–Crippen LogP) is 3.24. The van der Waals surface area contributed by atoms with Crippen LogP contribution in [0.1, 0.15) is 50.7 Å². The smallest absolute Gasteiger partial charge is 0.0897 e. The van der Waals surface area contributed by atoms with Crippen LogP contribution in [0, 0.1) is 6.92 Å². The average molecular weight is 295 g/mol. The van der Waals surface area contributed by atoms with Crippen molar-refractivity contribution in [3.8, 4) is 0 Å².